The SMILES string of the molecule is Cc1ccccc1C(=O)[N]NC(=O)c1ccccc1C. The normalized spacial score (nSPS) is 9.90. The molecule has 0 bridgehead atoms. The zero-order chi connectivity index (χ0) is 14.5. The van der Waals surface area contributed by atoms with Gasteiger partial charge in [-0.1, -0.05) is 36.4 Å². The molecule has 4 nitrogen and oxygen atoms in total. The van der Waals surface area contributed by atoms with E-state index in [1.165, 1.54) is 0 Å². The second-order valence-electron chi connectivity index (χ2n) is 4.49. The zero-order valence-electron chi connectivity index (χ0n) is 11.4. The van der Waals surface area contributed by atoms with Crippen LogP contribution in [0.2, 0.25) is 0 Å². The van der Waals surface area contributed by atoms with Gasteiger partial charge >= 0.3 is 0 Å². The Balaban J connectivity index is 2.03. The molecule has 2 rings (SSSR count). The monoisotopic (exact) mass is 267 g/mol. The molecule has 0 aliphatic rings. The van der Waals surface area contributed by atoms with Crippen LogP contribution in [0.3, 0.4) is 0 Å². The average molecular weight is 267 g/mol. The third-order valence-corrected chi connectivity index (χ3v) is 3.02. The van der Waals surface area contributed by atoms with Crippen LogP contribution in [0.4, 0.5) is 0 Å². The van der Waals surface area contributed by atoms with Crippen molar-refractivity contribution in [1.82, 2.24) is 10.9 Å². The lowest BCUT2D eigenvalue weighted by atomic mass is 10.1. The summed E-state index contributed by atoms with van der Waals surface area (Å²) in [5, 5.41) is 0. The summed E-state index contributed by atoms with van der Waals surface area (Å²) in [5.41, 5.74) is 8.59. The van der Waals surface area contributed by atoms with Crippen LogP contribution in [-0.4, -0.2) is 11.8 Å². The van der Waals surface area contributed by atoms with Crippen LogP contribution in [0.25, 0.3) is 0 Å². The second-order valence-corrected chi connectivity index (χ2v) is 4.49. The Kier molecular flexibility index (Phi) is 4.15. The molecule has 4 heteroatoms. The summed E-state index contributed by atoms with van der Waals surface area (Å²) >= 11 is 0. The van der Waals surface area contributed by atoms with Gasteiger partial charge in [0, 0.05) is 11.1 Å². The molecule has 0 heterocycles. The topological polar surface area (TPSA) is 60.3 Å². The van der Waals surface area contributed by atoms with Crippen molar-refractivity contribution in [2.75, 3.05) is 0 Å². The van der Waals surface area contributed by atoms with Crippen LogP contribution in [0, 0.1) is 13.8 Å². The van der Waals surface area contributed by atoms with Gasteiger partial charge in [0.15, 0.2) is 0 Å². The van der Waals surface area contributed by atoms with Gasteiger partial charge in [-0.3, -0.25) is 9.59 Å². The second kappa shape index (κ2) is 6.02. The molecule has 0 aliphatic heterocycles. The molecule has 2 amide bonds. The average Bonchev–Trinajstić information content (AvgIpc) is 2.45. The summed E-state index contributed by atoms with van der Waals surface area (Å²) in [6.07, 6.45) is 0. The number of hydrogen-bond acceptors (Lipinski definition) is 2. The molecule has 2 aromatic rings. The Morgan fingerprint density at radius 1 is 0.850 bits per heavy atom. The molecule has 0 aliphatic carbocycles. The Bertz CT molecular complexity index is 593. The van der Waals surface area contributed by atoms with Gasteiger partial charge in [-0.05, 0) is 37.1 Å². The first-order chi connectivity index (χ1) is 9.59. The summed E-state index contributed by atoms with van der Waals surface area (Å²) in [7, 11) is 0. The van der Waals surface area contributed by atoms with E-state index in [9.17, 15) is 9.59 Å². The maximum atomic E-state index is 11.9. The highest BCUT2D eigenvalue weighted by molar-refractivity contribution is 6.00. The number of amides is 2. The van der Waals surface area contributed by atoms with E-state index in [0.29, 0.717) is 11.1 Å². The molecule has 0 fully saturated rings. The van der Waals surface area contributed by atoms with E-state index in [4.69, 9.17) is 0 Å². The van der Waals surface area contributed by atoms with Crippen molar-refractivity contribution in [3.63, 3.8) is 0 Å². The number of carbonyl (C=O) groups excluding carboxylic acids is 2. The van der Waals surface area contributed by atoms with Crippen LogP contribution in [-0.2, 0) is 0 Å². The Labute approximate surface area is 117 Å². The fourth-order valence-corrected chi connectivity index (χ4v) is 1.86. The fraction of sp³-hybridized carbons (Fsp3) is 0.125. The van der Waals surface area contributed by atoms with E-state index in [1.54, 1.807) is 24.3 Å². The molecule has 0 atom stereocenters. The van der Waals surface area contributed by atoms with Crippen LogP contribution in [0.1, 0.15) is 31.8 Å². The Morgan fingerprint density at radius 3 is 1.90 bits per heavy atom. The van der Waals surface area contributed by atoms with Crippen LogP contribution < -0.4 is 10.9 Å². The van der Waals surface area contributed by atoms with Gasteiger partial charge in [-0.15, -0.1) is 5.43 Å². The molecular formula is C16H15N2O2. The molecule has 20 heavy (non-hydrogen) atoms. The minimum absolute atomic E-state index is 0.384. The van der Waals surface area contributed by atoms with Crippen molar-refractivity contribution in [2.24, 2.45) is 0 Å². The van der Waals surface area contributed by atoms with E-state index in [2.05, 4.69) is 10.9 Å². The van der Waals surface area contributed by atoms with Gasteiger partial charge in [0.1, 0.15) is 0 Å². The zero-order valence-corrected chi connectivity index (χ0v) is 11.4. The number of aryl methyl sites for hydroxylation is 2. The first-order valence-corrected chi connectivity index (χ1v) is 6.26. The van der Waals surface area contributed by atoms with Crippen molar-refractivity contribution < 1.29 is 9.59 Å². The molecule has 0 aromatic heterocycles. The summed E-state index contributed by atoms with van der Waals surface area (Å²) < 4.78 is 0. The van der Waals surface area contributed by atoms with Crippen LogP contribution in [0.15, 0.2) is 48.5 Å². The van der Waals surface area contributed by atoms with Gasteiger partial charge in [0.2, 0.25) is 0 Å². The van der Waals surface area contributed by atoms with Crippen molar-refractivity contribution in [1.29, 1.82) is 0 Å². The maximum Gasteiger partial charge on any atom is 0.293 e. The number of rotatable bonds is 2. The molecule has 0 unspecified atom stereocenters. The first-order valence-electron chi connectivity index (χ1n) is 6.26. The third-order valence-electron chi connectivity index (χ3n) is 3.02. The molecule has 0 saturated heterocycles. The van der Waals surface area contributed by atoms with Crippen LogP contribution in [0.5, 0.6) is 0 Å². The molecule has 1 N–H and O–H groups in total. The highest BCUT2D eigenvalue weighted by Gasteiger charge is 2.13. The number of nitrogens with zero attached hydrogens (tertiary/aromatic N) is 1. The van der Waals surface area contributed by atoms with Gasteiger partial charge in [-0.25, -0.2) is 5.43 Å². The number of hydrogen-bond donors (Lipinski definition) is 1. The standard InChI is InChI=1S/C16H15N2O2/c1-11-7-3-5-9-13(11)15(19)17-18-16(20)14-10-6-4-8-12(14)2/h3-10H,1-2H3,(H,17,19). The van der Waals surface area contributed by atoms with E-state index >= 15 is 0 Å². The minimum Gasteiger partial charge on any atom is -0.267 e. The lowest BCUT2D eigenvalue weighted by Crippen LogP contribution is -2.36. The molecule has 101 valence electrons. The smallest absolute Gasteiger partial charge is 0.267 e. The van der Waals surface area contributed by atoms with Crippen LogP contribution >= 0.6 is 0 Å². The van der Waals surface area contributed by atoms with E-state index < -0.39 is 5.91 Å². The Morgan fingerprint density at radius 2 is 1.35 bits per heavy atom. The molecule has 0 saturated carbocycles. The molecule has 2 aromatic carbocycles. The van der Waals surface area contributed by atoms with Gasteiger partial charge in [-0.2, -0.15) is 0 Å². The van der Waals surface area contributed by atoms with Gasteiger partial charge in [0.05, 0.1) is 0 Å². The lowest BCUT2D eigenvalue weighted by Gasteiger charge is -2.07. The minimum atomic E-state index is -0.454. The van der Waals surface area contributed by atoms with Gasteiger partial charge in [0.25, 0.3) is 11.8 Å². The van der Waals surface area contributed by atoms with E-state index in [0.717, 1.165) is 11.1 Å². The fourth-order valence-electron chi connectivity index (χ4n) is 1.86. The third kappa shape index (κ3) is 3.03. The highest BCUT2D eigenvalue weighted by Crippen LogP contribution is 2.08. The van der Waals surface area contributed by atoms with E-state index in [1.807, 2.05) is 38.1 Å². The maximum absolute atomic E-state index is 11.9. The first kappa shape index (κ1) is 13.8. The predicted octanol–water partition coefficient (Wildman–Crippen LogP) is 2.39. The summed E-state index contributed by atoms with van der Waals surface area (Å²) in [4.78, 5) is 23.8. The molecular weight excluding hydrogens is 252 g/mol. The predicted molar refractivity (Wildman–Crippen MR) is 76.3 cm³/mol. The summed E-state index contributed by atoms with van der Waals surface area (Å²) in [5.74, 6) is -0.838. The van der Waals surface area contributed by atoms with Crippen molar-refractivity contribution in [2.45, 2.75) is 13.8 Å². The molecule has 0 spiro atoms. The summed E-state index contributed by atoms with van der Waals surface area (Å²) in [6.45, 7) is 3.66. The largest absolute Gasteiger partial charge is 0.293 e. The number of benzene rings is 2. The van der Waals surface area contributed by atoms with Gasteiger partial charge < -0.3 is 0 Å². The molecule has 1 radical (unpaired) electrons. The highest BCUT2D eigenvalue weighted by atomic mass is 16.2. The van der Waals surface area contributed by atoms with Crippen molar-refractivity contribution in [3.05, 3.63) is 70.8 Å². The van der Waals surface area contributed by atoms with E-state index in [-0.39, 0.29) is 5.91 Å². The Hall–Kier alpha value is -2.62. The number of nitrogens with one attached hydrogen (secondary N) is 1. The number of carbonyl (C=O) groups is 2. The van der Waals surface area contributed by atoms with Crippen molar-refractivity contribution in [3.8, 4) is 0 Å². The lowest BCUT2D eigenvalue weighted by molar-refractivity contribution is 0.0840. The quantitative estimate of drug-likeness (QED) is 0.849. The summed E-state index contributed by atoms with van der Waals surface area (Å²) in [6, 6.07) is 14.3. The van der Waals surface area contributed by atoms with Crippen molar-refractivity contribution >= 4 is 11.8 Å².